The van der Waals surface area contributed by atoms with Gasteiger partial charge >= 0.3 is 0 Å². The number of benzene rings is 3. The van der Waals surface area contributed by atoms with Crippen LogP contribution in [0, 0.1) is 10.1 Å². The number of nitrogens with two attached hydrogens (primary N) is 1. The van der Waals surface area contributed by atoms with E-state index < -0.39 is 4.92 Å². The molecule has 3 aromatic carbocycles. The number of nitro benzene ring substituents is 1. The van der Waals surface area contributed by atoms with Crippen molar-refractivity contribution < 1.29 is 14.5 Å². The van der Waals surface area contributed by atoms with Crippen molar-refractivity contribution in [2.75, 3.05) is 17.2 Å². The Labute approximate surface area is 201 Å². The summed E-state index contributed by atoms with van der Waals surface area (Å²) in [6.45, 7) is 0.209. The van der Waals surface area contributed by atoms with Gasteiger partial charge in [-0.3, -0.25) is 19.7 Å². The van der Waals surface area contributed by atoms with E-state index in [4.69, 9.17) is 5.73 Å². The number of fused-ring (bicyclic) bond motifs is 1. The van der Waals surface area contributed by atoms with Crippen molar-refractivity contribution in [2.24, 2.45) is 5.73 Å². The molecule has 1 heterocycles. The van der Waals surface area contributed by atoms with E-state index >= 15 is 0 Å². The summed E-state index contributed by atoms with van der Waals surface area (Å²) >= 11 is 0. The van der Waals surface area contributed by atoms with E-state index in [9.17, 15) is 19.7 Å². The number of amides is 2. The third kappa shape index (κ3) is 5.22. The van der Waals surface area contributed by atoms with Crippen molar-refractivity contribution in [3.63, 3.8) is 0 Å². The molecular formula is C24H22ClN5O4. The van der Waals surface area contributed by atoms with Gasteiger partial charge < -0.3 is 21.7 Å². The predicted octanol–water partition coefficient (Wildman–Crippen LogP) is 3.52. The first-order valence-electron chi connectivity index (χ1n) is 10.2. The summed E-state index contributed by atoms with van der Waals surface area (Å²) in [7, 11) is 0. The number of hydrogen-bond donors (Lipinski definition) is 4. The predicted molar refractivity (Wildman–Crippen MR) is 133 cm³/mol. The Morgan fingerprint density at radius 2 is 1.79 bits per heavy atom. The molecule has 5 N–H and O–H groups in total. The third-order valence-corrected chi connectivity index (χ3v) is 5.14. The molecule has 3 aromatic rings. The normalized spacial score (nSPS) is 13.3. The van der Waals surface area contributed by atoms with Gasteiger partial charge in [-0.25, -0.2) is 0 Å². The Balaban J connectivity index is 0.00000324. The van der Waals surface area contributed by atoms with Crippen molar-refractivity contribution in [2.45, 2.75) is 6.54 Å². The number of nitrogens with zero attached hydrogens (tertiary/aromatic N) is 1. The highest BCUT2D eigenvalue weighted by Crippen LogP contribution is 2.39. The molecule has 2 amide bonds. The van der Waals surface area contributed by atoms with Crippen LogP contribution >= 0.6 is 12.4 Å². The van der Waals surface area contributed by atoms with E-state index in [1.807, 2.05) is 54.6 Å². The van der Waals surface area contributed by atoms with E-state index in [1.165, 1.54) is 18.2 Å². The second kappa shape index (κ2) is 10.6. The maximum atomic E-state index is 13.0. The van der Waals surface area contributed by atoms with Gasteiger partial charge in [-0.15, -0.1) is 12.4 Å². The average molecular weight is 480 g/mol. The van der Waals surface area contributed by atoms with Gasteiger partial charge in [-0.1, -0.05) is 42.5 Å². The van der Waals surface area contributed by atoms with E-state index in [-0.39, 0.29) is 36.5 Å². The number of halogens is 1. The van der Waals surface area contributed by atoms with Crippen LogP contribution in [0.3, 0.4) is 0 Å². The molecule has 0 bridgehead atoms. The molecule has 34 heavy (non-hydrogen) atoms. The van der Waals surface area contributed by atoms with Crippen LogP contribution in [0.15, 0.2) is 72.8 Å². The van der Waals surface area contributed by atoms with Crippen LogP contribution in [0.5, 0.6) is 0 Å². The highest BCUT2D eigenvalue weighted by atomic mass is 35.5. The summed E-state index contributed by atoms with van der Waals surface area (Å²) in [6, 6.07) is 20.9. The summed E-state index contributed by atoms with van der Waals surface area (Å²) in [5, 5.41) is 20.1. The van der Waals surface area contributed by atoms with Gasteiger partial charge in [-0.2, -0.15) is 0 Å². The third-order valence-electron chi connectivity index (χ3n) is 5.14. The molecular weight excluding hydrogens is 458 g/mol. The number of carbonyl (C=O) groups excluding carboxylic acids is 2. The lowest BCUT2D eigenvalue weighted by Crippen LogP contribution is -2.29. The first-order valence-corrected chi connectivity index (χ1v) is 10.2. The lowest BCUT2D eigenvalue weighted by atomic mass is 9.99. The van der Waals surface area contributed by atoms with Crippen LogP contribution in [0.1, 0.15) is 16.7 Å². The van der Waals surface area contributed by atoms with E-state index in [1.54, 1.807) is 0 Å². The molecule has 4 rings (SSSR count). The number of carbonyl (C=O) groups is 2. The SMILES string of the molecule is Cl.NCC(=O)NCc1cccc(N/C(=C2\C(=O)Nc3ccc([N+](=O)[O-])cc32)c2ccccc2)c1. The Kier molecular flexibility index (Phi) is 7.62. The molecule has 0 spiro atoms. The largest absolute Gasteiger partial charge is 0.354 e. The standard InChI is InChI=1S/C24H21N5O4.ClH/c25-13-21(30)26-14-15-5-4-8-17(11-15)27-23(16-6-2-1-3-7-16)22-19-12-18(29(32)33)9-10-20(19)28-24(22)31;/h1-12,27H,13-14,25H2,(H,26,30)(H,28,31);1H/b23-22-;. The van der Waals surface area contributed by atoms with Crippen molar-refractivity contribution in [3.05, 3.63) is 99.6 Å². The molecule has 1 aliphatic rings. The van der Waals surface area contributed by atoms with Gasteiger partial charge in [0.15, 0.2) is 0 Å². The molecule has 10 heteroatoms. The van der Waals surface area contributed by atoms with Crippen molar-refractivity contribution in [1.82, 2.24) is 5.32 Å². The van der Waals surface area contributed by atoms with Gasteiger partial charge in [0.1, 0.15) is 0 Å². The minimum Gasteiger partial charge on any atom is -0.354 e. The number of non-ortho nitro benzene ring substituents is 1. The maximum absolute atomic E-state index is 13.0. The summed E-state index contributed by atoms with van der Waals surface area (Å²) in [5.74, 6) is -0.621. The Bertz CT molecular complexity index is 1280. The maximum Gasteiger partial charge on any atom is 0.270 e. The van der Waals surface area contributed by atoms with Crippen LogP contribution in [0.25, 0.3) is 11.3 Å². The lowest BCUT2D eigenvalue weighted by Gasteiger charge is -2.15. The number of nitro groups is 1. The second-order valence-electron chi connectivity index (χ2n) is 7.36. The van der Waals surface area contributed by atoms with Crippen molar-refractivity contribution >= 4 is 52.6 Å². The zero-order valence-corrected chi connectivity index (χ0v) is 18.7. The van der Waals surface area contributed by atoms with Gasteiger partial charge in [0, 0.05) is 35.6 Å². The van der Waals surface area contributed by atoms with E-state index in [0.717, 1.165) is 11.1 Å². The number of rotatable bonds is 7. The van der Waals surface area contributed by atoms with Crippen LogP contribution in [0.4, 0.5) is 17.1 Å². The fraction of sp³-hybridized carbons (Fsp3) is 0.0833. The van der Waals surface area contributed by atoms with Gasteiger partial charge in [0.2, 0.25) is 5.91 Å². The molecule has 9 nitrogen and oxygen atoms in total. The summed E-state index contributed by atoms with van der Waals surface area (Å²) in [6.07, 6.45) is 0. The molecule has 174 valence electrons. The minimum absolute atomic E-state index is 0. The quantitative estimate of drug-likeness (QED) is 0.232. The molecule has 0 saturated carbocycles. The first kappa shape index (κ1) is 24.4. The zero-order chi connectivity index (χ0) is 23.4. The summed E-state index contributed by atoms with van der Waals surface area (Å²) in [5.41, 5.74) is 9.28. The monoisotopic (exact) mass is 479 g/mol. The molecule has 0 aliphatic carbocycles. The highest BCUT2D eigenvalue weighted by molar-refractivity contribution is 6.37. The van der Waals surface area contributed by atoms with E-state index in [2.05, 4.69) is 16.0 Å². The molecule has 1 aliphatic heterocycles. The fourth-order valence-electron chi connectivity index (χ4n) is 3.58. The fourth-order valence-corrected chi connectivity index (χ4v) is 3.58. The van der Waals surface area contributed by atoms with Gasteiger partial charge in [0.25, 0.3) is 11.6 Å². The summed E-state index contributed by atoms with van der Waals surface area (Å²) in [4.78, 5) is 35.3. The summed E-state index contributed by atoms with van der Waals surface area (Å²) < 4.78 is 0. The zero-order valence-electron chi connectivity index (χ0n) is 17.9. The van der Waals surface area contributed by atoms with E-state index in [0.29, 0.717) is 34.8 Å². The van der Waals surface area contributed by atoms with Gasteiger partial charge in [-0.05, 0) is 29.3 Å². The molecule has 0 aromatic heterocycles. The van der Waals surface area contributed by atoms with Gasteiger partial charge in [0.05, 0.1) is 22.7 Å². The number of hydrogen-bond acceptors (Lipinski definition) is 6. The minimum atomic E-state index is -0.491. The second-order valence-corrected chi connectivity index (χ2v) is 7.36. The molecule has 0 unspecified atom stereocenters. The Morgan fingerprint density at radius 1 is 1.03 bits per heavy atom. The molecule has 0 saturated heterocycles. The average Bonchev–Trinajstić information content (AvgIpc) is 3.16. The van der Waals surface area contributed by atoms with Crippen molar-refractivity contribution in [1.29, 1.82) is 0 Å². The molecule has 0 atom stereocenters. The Morgan fingerprint density at radius 3 is 2.50 bits per heavy atom. The van der Waals surface area contributed by atoms with Crippen molar-refractivity contribution in [3.8, 4) is 0 Å². The molecule has 0 radical (unpaired) electrons. The van der Waals surface area contributed by atoms with Crippen LogP contribution in [0.2, 0.25) is 0 Å². The number of anilines is 2. The Hall–Kier alpha value is -4.21. The van der Waals surface area contributed by atoms with Crippen LogP contribution in [-0.4, -0.2) is 23.3 Å². The first-order chi connectivity index (χ1) is 16.0. The lowest BCUT2D eigenvalue weighted by molar-refractivity contribution is -0.384. The topological polar surface area (TPSA) is 139 Å². The van der Waals surface area contributed by atoms with Crippen LogP contribution < -0.4 is 21.7 Å². The molecule has 0 fully saturated rings. The smallest absolute Gasteiger partial charge is 0.270 e. The number of nitrogens with one attached hydrogen (secondary N) is 3. The highest BCUT2D eigenvalue weighted by Gasteiger charge is 2.30. The van der Waals surface area contributed by atoms with Crippen LogP contribution in [-0.2, 0) is 16.1 Å².